The molecule has 2 heterocycles. The molecular formula is C18H28FN3O3. The molecule has 6 nitrogen and oxygen atoms in total. The molecule has 0 spiro atoms. The average Bonchev–Trinajstić information content (AvgIpc) is 2.93. The zero-order valence-electron chi connectivity index (χ0n) is 14.6. The Kier molecular flexibility index (Phi) is 6.38. The monoisotopic (exact) mass is 353 g/mol. The first-order valence-corrected chi connectivity index (χ1v) is 8.90. The van der Waals surface area contributed by atoms with Crippen LogP contribution in [0.25, 0.3) is 0 Å². The molecule has 1 aromatic rings. The Hall–Kier alpha value is -1.09. The van der Waals surface area contributed by atoms with Crippen molar-refractivity contribution in [2.24, 2.45) is 0 Å². The van der Waals surface area contributed by atoms with E-state index >= 15 is 0 Å². The zero-order chi connectivity index (χ0) is 17.8. The Labute approximate surface area is 148 Å². The number of piperazine rings is 1. The molecule has 2 fully saturated rings. The molecule has 2 aliphatic rings. The van der Waals surface area contributed by atoms with Gasteiger partial charge in [-0.05, 0) is 24.7 Å². The molecule has 25 heavy (non-hydrogen) atoms. The van der Waals surface area contributed by atoms with Gasteiger partial charge in [0.05, 0.1) is 18.8 Å². The highest BCUT2D eigenvalue weighted by molar-refractivity contribution is 5.15. The largest absolute Gasteiger partial charge is 0.394 e. The van der Waals surface area contributed by atoms with E-state index in [0.717, 1.165) is 31.7 Å². The van der Waals surface area contributed by atoms with Crippen LogP contribution in [0.4, 0.5) is 4.39 Å². The van der Waals surface area contributed by atoms with Crippen LogP contribution in [0.5, 0.6) is 0 Å². The second-order valence-corrected chi connectivity index (χ2v) is 6.97. The zero-order valence-corrected chi connectivity index (χ0v) is 14.6. The minimum absolute atomic E-state index is 0.119. The van der Waals surface area contributed by atoms with Crippen molar-refractivity contribution in [2.45, 2.75) is 30.9 Å². The quantitative estimate of drug-likeness (QED) is 0.650. The summed E-state index contributed by atoms with van der Waals surface area (Å²) in [5.74, 6) is -0.244. The summed E-state index contributed by atoms with van der Waals surface area (Å²) in [7, 11) is 2.09. The number of ether oxygens (including phenoxy) is 1. The summed E-state index contributed by atoms with van der Waals surface area (Å²) in [5.41, 5.74) is 0.995. The average molecular weight is 353 g/mol. The second-order valence-electron chi connectivity index (χ2n) is 6.97. The molecule has 0 aromatic heterocycles. The van der Waals surface area contributed by atoms with E-state index in [9.17, 15) is 14.6 Å². The van der Waals surface area contributed by atoms with Crippen LogP contribution in [0.15, 0.2) is 24.3 Å². The van der Waals surface area contributed by atoms with Gasteiger partial charge in [0.15, 0.2) is 0 Å². The number of nitrogens with one attached hydrogen (secondary N) is 1. The summed E-state index contributed by atoms with van der Waals surface area (Å²) in [4.78, 5) is 4.54. The van der Waals surface area contributed by atoms with Crippen LogP contribution in [0.3, 0.4) is 0 Å². The van der Waals surface area contributed by atoms with Gasteiger partial charge >= 0.3 is 0 Å². The normalized spacial score (nSPS) is 31.5. The molecule has 140 valence electrons. The van der Waals surface area contributed by atoms with E-state index in [4.69, 9.17) is 4.74 Å². The molecule has 4 atom stereocenters. The Balaban J connectivity index is 1.58. The Morgan fingerprint density at radius 1 is 1.16 bits per heavy atom. The van der Waals surface area contributed by atoms with Crippen LogP contribution in [0.1, 0.15) is 5.56 Å². The lowest BCUT2D eigenvalue weighted by Crippen LogP contribution is -2.56. The topological polar surface area (TPSA) is 68.2 Å². The highest BCUT2D eigenvalue weighted by atomic mass is 19.1. The summed E-state index contributed by atoms with van der Waals surface area (Å²) in [6.07, 6.45) is -1.41. The third-order valence-corrected chi connectivity index (χ3v) is 5.19. The lowest BCUT2D eigenvalue weighted by atomic mass is 10.0. The fourth-order valence-electron chi connectivity index (χ4n) is 3.68. The lowest BCUT2D eigenvalue weighted by molar-refractivity contribution is -0.0213. The SMILES string of the molecule is CN1CCN(C2C(CNCc3ccc(F)cc3)OC(CO)C2O)CC1. The smallest absolute Gasteiger partial charge is 0.123 e. The van der Waals surface area contributed by atoms with E-state index in [1.807, 2.05) is 0 Å². The van der Waals surface area contributed by atoms with Crippen LogP contribution in [-0.2, 0) is 11.3 Å². The number of hydrogen-bond donors (Lipinski definition) is 3. The standard InChI is InChI=1S/C18H28FN3O3/c1-21-6-8-22(9-7-21)17-15(25-16(12-23)18(17)24)11-20-10-13-2-4-14(19)5-3-13/h2-5,15-18,20,23-24H,6-12H2,1H3. The van der Waals surface area contributed by atoms with Crippen LogP contribution < -0.4 is 5.32 Å². The molecule has 0 saturated carbocycles. The fraction of sp³-hybridized carbons (Fsp3) is 0.667. The molecule has 0 aliphatic carbocycles. The maximum atomic E-state index is 13.0. The molecule has 4 unspecified atom stereocenters. The van der Waals surface area contributed by atoms with E-state index in [1.54, 1.807) is 12.1 Å². The summed E-state index contributed by atoms with van der Waals surface area (Å²) in [6.45, 7) is 4.69. The highest BCUT2D eigenvalue weighted by Crippen LogP contribution is 2.26. The molecule has 3 N–H and O–H groups in total. The highest BCUT2D eigenvalue weighted by Gasteiger charge is 2.46. The third kappa shape index (κ3) is 4.55. The van der Waals surface area contributed by atoms with Crippen molar-refractivity contribution in [3.05, 3.63) is 35.6 Å². The maximum Gasteiger partial charge on any atom is 0.123 e. The number of likely N-dealkylation sites (N-methyl/N-ethyl adjacent to an activating group) is 1. The number of halogens is 1. The minimum atomic E-state index is -0.689. The summed E-state index contributed by atoms with van der Waals surface area (Å²) >= 11 is 0. The van der Waals surface area contributed by atoms with Gasteiger partial charge in [-0.1, -0.05) is 12.1 Å². The Bertz CT molecular complexity index is 537. The third-order valence-electron chi connectivity index (χ3n) is 5.19. The predicted molar refractivity (Wildman–Crippen MR) is 92.7 cm³/mol. The van der Waals surface area contributed by atoms with Crippen LogP contribution in [-0.4, -0.2) is 90.7 Å². The van der Waals surface area contributed by atoms with Gasteiger partial charge in [-0.2, -0.15) is 0 Å². The molecular weight excluding hydrogens is 325 g/mol. The molecule has 7 heteroatoms. The minimum Gasteiger partial charge on any atom is -0.394 e. The van der Waals surface area contributed by atoms with Gasteiger partial charge in [-0.3, -0.25) is 4.90 Å². The molecule has 0 radical (unpaired) electrons. The van der Waals surface area contributed by atoms with E-state index in [2.05, 4.69) is 22.2 Å². The summed E-state index contributed by atoms with van der Waals surface area (Å²) in [6, 6.07) is 6.28. The van der Waals surface area contributed by atoms with Crippen molar-refractivity contribution < 1.29 is 19.3 Å². The van der Waals surface area contributed by atoms with Gasteiger partial charge in [0.25, 0.3) is 0 Å². The fourth-order valence-corrected chi connectivity index (χ4v) is 3.68. The summed E-state index contributed by atoms with van der Waals surface area (Å²) < 4.78 is 18.9. The van der Waals surface area contributed by atoms with Gasteiger partial charge in [-0.25, -0.2) is 4.39 Å². The first-order valence-electron chi connectivity index (χ1n) is 8.90. The lowest BCUT2D eigenvalue weighted by Gasteiger charge is -2.39. The number of rotatable bonds is 6. The second kappa shape index (κ2) is 8.53. The van der Waals surface area contributed by atoms with Crippen LogP contribution in [0.2, 0.25) is 0 Å². The van der Waals surface area contributed by atoms with Crippen molar-refractivity contribution in [3.8, 4) is 0 Å². The molecule has 2 aliphatic heterocycles. The first-order chi connectivity index (χ1) is 12.1. The number of aliphatic hydroxyl groups excluding tert-OH is 2. The Morgan fingerprint density at radius 2 is 1.84 bits per heavy atom. The van der Waals surface area contributed by atoms with E-state index in [1.165, 1.54) is 12.1 Å². The summed E-state index contributed by atoms with van der Waals surface area (Å²) in [5, 5.41) is 23.4. The van der Waals surface area contributed by atoms with Crippen LogP contribution in [0, 0.1) is 5.82 Å². The van der Waals surface area contributed by atoms with Crippen molar-refractivity contribution in [3.63, 3.8) is 0 Å². The van der Waals surface area contributed by atoms with Crippen molar-refractivity contribution in [1.29, 1.82) is 0 Å². The van der Waals surface area contributed by atoms with E-state index in [0.29, 0.717) is 13.1 Å². The number of hydrogen-bond acceptors (Lipinski definition) is 6. The molecule has 2 saturated heterocycles. The number of benzene rings is 1. The molecule has 3 rings (SSSR count). The van der Waals surface area contributed by atoms with Gasteiger partial charge in [-0.15, -0.1) is 0 Å². The van der Waals surface area contributed by atoms with E-state index in [-0.39, 0.29) is 24.6 Å². The van der Waals surface area contributed by atoms with Gasteiger partial charge < -0.3 is 25.2 Å². The van der Waals surface area contributed by atoms with Gasteiger partial charge in [0, 0.05) is 39.3 Å². The number of nitrogens with zero attached hydrogens (tertiary/aromatic N) is 2. The first kappa shape index (κ1) is 18.7. The number of aliphatic hydroxyl groups is 2. The van der Waals surface area contributed by atoms with E-state index < -0.39 is 12.2 Å². The Morgan fingerprint density at radius 3 is 2.48 bits per heavy atom. The molecule has 0 amide bonds. The van der Waals surface area contributed by atoms with Crippen molar-refractivity contribution in [1.82, 2.24) is 15.1 Å². The molecule has 0 bridgehead atoms. The van der Waals surface area contributed by atoms with Crippen molar-refractivity contribution >= 4 is 0 Å². The van der Waals surface area contributed by atoms with Crippen LogP contribution >= 0.6 is 0 Å². The maximum absolute atomic E-state index is 13.0. The van der Waals surface area contributed by atoms with Gasteiger partial charge in [0.1, 0.15) is 18.0 Å². The molecule has 1 aromatic carbocycles. The van der Waals surface area contributed by atoms with Crippen molar-refractivity contribution in [2.75, 3.05) is 46.4 Å². The van der Waals surface area contributed by atoms with Gasteiger partial charge in [0.2, 0.25) is 0 Å². The predicted octanol–water partition coefficient (Wildman–Crippen LogP) is -0.348.